The Bertz CT molecular complexity index is 1750. The number of phenols is 1. The summed E-state index contributed by atoms with van der Waals surface area (Å²) in [5, 5.41) is 21.8. The molecule has 46 heavy (non-hydrogen) atoms. The van der Waals surface area contributed by atoms with E-state index in [0.717, 1.165) is 18.4 Å². The largest absolute Gasteiger partial charge is 0.507 e. The van der Waals surface area contributed by atoms with Crippen molar-refractivity contribution in [3.8, 4) is 17.2 Å². The molecule has 0 radical (unpaired) electrons. The molecule has 8 heteroatoms. The zero-order valence-corrected chi connectivity index (χ0v) is 28.0. The topological polar surface area (TPSA) is 119 Å². The maximum Gasteiger partial charge on any atom is 0.330 e. The summed E-state index contributed by atoms with van der Waals surface area (Å²) in [6, 6.07) is 0. The third-order valence-corrected chi connectivity index (χ3v) is 11.7. The SMILES string of the molecule is CC(C)=CCc1c2c(c(O)c3c1OC(C)(C)C1CCC(C)=CC31)C(=O)C1=C[C@@H]3CC4C(C)(C)OC(C/C=C(/C)C(=O)O)(C3=O)C14O2. The zero-order valence-electron chi connectivity index (χ0n) is 28.0. The minimum absolute atomic E-state index is 0.0576. The summed E-state index contributed by atoms with van der Waals surface area (Å²) in [5.74, 6) is -2.04. The molecule has 1 saturated carbocycles. The zero-order chi connectivity index (χ0) is 33.3. The molecule has 1 saturated heterocycles. The van der Waals surface area contributed by atoms with Gasteiger partial charge in [0.05, 0.1) is 5.60 Å². The first kappa shape index (κ1) is 31.0. The number of carbonyl (C=O) groups is 3. The van der Waals surface area contributed by atoms with Gasteiger partial charge in [-0.3, -0.25) is 9.59 Å². The van der Waals surface area contributed by atoms with Crippen LogP contribution in [0.5, 0.6) is 17.2 Å². The molecule has 0 aromatic heterocycles. The monoisotopic (exact) mass is 628 g/mol. The fraction of sp³-hybridized carbons (Fsp3) is 0.553. The fourth-order valence-electron chi connectivity index (χ4n) is 9.49. The lowest BCUT2D eigenvalue weighted by Crippen LogP contribution is -2.72. The lowest BCUT2D eigenvalue weighted by molar-refractivity contribution is -0.171. The van der Waals surface area contributed by atoms with E-state index in [-0.39, 0.29) is 58.4 Å². The standard InChI is InChI=1S/C38H44O8/c1-18(2)9-11-22-31-27(23-15-19(3)10-12-24(23)35(5,6)44-31)30(40)28-29(39)25-16-21-17-26-36(7,8)46-37(33(21)41,14-13-20(4)34(42)43)38(25,26)45-32(22)28/h9,13,15-16,21,23-24,26,40H,10-12,14,17H2,1-8H3,(H,42,43)/b20-13-/t21-,23?,24?,26?,37?,38?/m1/s1. The molecule has 6 atom stereocenters. The molecule has 8 rings (SSSR count). The number of hydrogen-bond acceptors (Lipinski definition) is 7. The number of benzene rings is 1. The molecule has 5 unspecified atom stereocenters. The fourth-order valence-corrected chi connectivity index (χ4v) is 9.49. The summed E-state index contributed by atoms with van der Waals surface area (Å²) < 4.78 is 20.8. The van der Waals surface area contributed by atoms with E-state index in [9.17, 15) is 24.6 Å². The van der Waals surface area contributed by atoms with Gasteiger partial charge in [0, 0.05) is 52.4 Å². The lowest BCUT2D eigenvalue weighted by Gasteiger charge is -2.56. The minimum Gasteiger partial charge on any atom is -0.507 e. The van der Waals surface area contributed by atoms with Crippen molar-refractivity contribution < 1.29 is 38.8 Å². The summed E-state index contributed by atoms with van der Waals surface area (Å²) in [6.45, 7) is 15.6. The van der Waals surface area contributed by atoms with Crippen molar-refractivity contribution >= 4 is 17.5 Å². The van der Waals surface area contributed by atoms with Crippen LogP contribution in [0.3, 0.4) is 0 Å². The highest BCUT2D eigenvalue weighted by atomic mass is 16.6. The maximum absolute atomic E-state index is 15.0. The van der Waals surface area contributed by atoms with Gasteiger partial charge in [0.1, 0.15) is 28.4 Å². The van der Waals surface area contributed by atoms with E-state index in [2.05, 4.69) is 32.9 Å². The van der Waals surface area contributed by atoms with E-state index in [1.54, 1.807) is 6.08 Å². The third-order valence-electron chi connectivity index (χ3n) is 11.7. The van der Waals surface area contributed by atoms with Crippen LogP contribution < -0.4 is 9.47 Å². The molecule has 1 spiro atoms. The number of ketones is 2. The quantitative estimate of drug-likeness (QED) is 0.266. The highest BCUT2D eigenvalue weighted by molar-refractivity contribution is 6.18. The Morgan fingerprint density at radius 1 is 1.02 bits per heavy atom. The van der Waals surface area contributed by atoms with Gasteiger partial charge in [-0.25, -0.2) is 4.79 Å². The number of carbonyl (C=O) groups excluding carboxylic acids is 2. The van der Waals surface area contributed by atoms with Crippen LogP contribution in [0.15, 0.2) is 46.6 Å². The molecule has 3 heterocycles. The van der Waals surface area contributed by atoms with Gasteiger partial charge in [-0.2, -0.15) is 0 Å². The predicted molar refractivity (Wildman–Crippen MR) is 171 cm³/mol. The Hall–Kier alpha value is -3.65. The van der Waals surface area contributed by atoms with E-state index < -0.39 is 34.3 Å². The van der Waals surface area contributed by atoms with Crippen LogP contribution in [-0.2, 0) is 20.7 Å². The van der Waals surface area contributed by atoms with Gasteiger partial charge in [-0.1, -0.05) is 35.5 Å². The van der Waals surface area contributed by atoms with Crippen molar-refractivity contribution in [2.24, 2.45) is 17.8 Å². The van der Waals surface area contributed by atoms with Crippen LogP contribution >= 0.6 is 0 Å². The number of fused-ring (bicyclic) bond motifs is 4. The number of aromatic hydroxyl groups is 1. The van der Waals surface area contributed by atoms with Gasteiger partial charge < -0.3 is 24.4 Å². The smallest absolute Gasteiger partial charge is 0.330 e. The Kier molecular flexibility index (Phi) is 6.53. The summed E-state index contributed by atoms with van der Waals surface area (Å²) in [4.78, 5) is 41.1. The van der Waals surface area contributed by atoms with Crippen molar-refractivity contribution in [1.29, 1.82) is 0 Å². The average molecular weight is 629 g/mol. The maximum atomic E-state index is 15.0. The van der Waals surface area contributed by atoms with Crippen LogP contribution in [0.4, 0.5) is 0 Å². The molecule has 3 aliphatic heterocycles. The average Bonchev–Trinajstić information content (AvgIpc) is 3.11. The second-order valence-electron chi connectivity index (χ2n) is 15.6. The van der Waals surface area contributed by atoms with Crippen LogP contribution in [-0.4, -0.2) is 50.2 Å². The highest BCUT2D eigenvalue weighted by Gasteiger charge is 2.81. The molecule has 7 aliphatic rings. The Labute approximate surface area is 270 Å². The first-order chi connectivity index (χ1) is 21.5. The first-order valence-corrected chi connectivity index (χ1v) is 16.5. The molecular formula is C38H44O8. The number of rotatable bonds is 5. The van der Waals surface area contributed by atoms with Gasteiger partial charge in [0.15, 0.2) is 22.8 Å². The van der Waals surface area contributed by atoms with E-state index >= 15 is 0 Å². The molecule has 4 aliphatic carbocycles. The Morgan fingerprint density at radius 2 is 1.74 bits per heavy atom. The number of hydrogen-bond donors (Lipinski definition) is 2. The number of aliphatic carboxylic acids is 1. The Morgan fingerprint density at radius 3 is 2.41 bits per heavy atom. The highest BCUT2D eigenvalue weighted by Crippen LogP contribution is 2.69. The normalized spacial score (nSPS) is 34.2. The number of allylic oxidation sites excluding steroid dienone is 5. The second-order valence-corrected chi connectivity index (χ2v) is 15.6. The van der Waals surface area contributed by atoms with Crippen molar-refractivity contribution in [2.45, 2.75) is 116 Å². The van der Waals surface area contributed by atoms with Crippen LogP contribution in [0.1, 0.15) is 108 Å². The van der Waals surface area contributed by atoms with E-state index in [0.29, 0.717) is 35.3 Å². The van der Waals surface area contributed by atoms with Crippen LogP contribution in [0.2, 0.25) is 0 Å². The molecule has 2 N–H and O–H groups in total. The van der Waals surface area contributed by atoms with E-state index in [1.807, 2.05) is 27.7 Å². The predicted octanol–water partition coefficient (Wildman–Crippen LogP) is 6.94. The van der Waals surface area contributed by atoms with Crippen molar-refractivity contribution in [2.75, 3.05) is 0 Å². The molecule has 4 bridgehead atoms. The number of Topliss-reactive ketones (excluding diaryl/α,β-unsaturated/α-hetero) is 2. The van der Waals surface area contributed by atoms with Crippen molar-refractivity contribution in [1.82, 2.24) is 0 Å². The molecule has 1 aromatic carbocycles. The molecule has 8 nitrogen and oxygen atoms in total. The third kappa shape index (κ3) is 3.85. The number of ether oxygens (including phenoxy) is 3. The van der Waals surface area contributed by atoms with Crippen molar-refractivity contribution in [3.63, 3.8) is 0 Å². The van der Waals surface area contributed by atoms with Gasteiger partial charge in [-0.15, -0.1) is 0 Å². The second kappa shape index (κ2) is 9.69. The van der Waals surface area contributed by atoms with E-state index in [4.69, 9.17) is 14.2 Å². The van der Waals surface area contributed by atoms with Gasteiger partial charge in [0.25, 0.3) is 0 Å². The number of carboxylic acid groups (broad SMARTS) is 1. The molecular weight excluding hydrogens is 584 g/mol. The first-order valence-electron chi connectivity index (χ1n) is 16.5. The van der Waals surface area contributed by atoms with E-state index in [1.165, 1.54) is 18.6 Å². The van der Waals surface area contributed by atoms with Crippen molar-refractivity contribution in [3.05, 3.63) is 63.3 Å². The van der Waals surface area contributed by atoms with Gasteiger partial charge in [0.2, 0.25) is 0 Å². The van der Waals surface area contributed by atoms with Gasteiger partial charge >= 0.3 is 5.97 Å². The Balaban J connectivity index is 1.53. The molecule has 1 aromatic rings. The lowest BCUT2D eigenvalue weighted by atomic mass is 9.51. The summed E-state index contributed by atoms with van der Waals surface area (Å²) in [6.07, 6.45) is 10.1. The minimum atomic E-state index is -1.62. The van der Waals surface area contributed by atoms with Crippen LogP contribution in [0.25, 0.3) is 0 Å². The summed E-state index contributed by atoms with van der Waals surface area (Å²) >= 11 is 0. The van der Waals surface area contributed by atoms with Crippen LogP contribution in [0, 0.1) is 17.8 Å². The van der Waals surface area contributed by atoms with Gasteiger partial charge in [-0.05, 0) is 81.1 Å². The molecule has 2 fully saturated rings. The molecule has 244 valence electrons. The summed E-state index contributed by atoms with van der Waals surface area (Å²) in [5.41, 5.74) is -0.435. The number of carboxylic acids is 1. The molecule has 0 amide bonds. The summed E-state index contributed by atoms with van der Waals surface area (Å²) in [7, 11) is 0. The number of phenolic OH excluding ortho intramolecular Hbond substituents is 1.